The molecule has 0 spiro atoms. The van der Waals surface area contributed by atoms with Crippen molar-refractivity contribution in [1.29, 1.82) is 0 Å². The molecule has 2 bridgehead atoms. The third-order valence-electron chi connectivity index (χ3n) is 3.98. The van der Waals surface area contributed by atoms with E-state index in [2.05, 4.69) is 10.6 Å². The van der Waals surface area contributed by atoms with E-state index in [0.717, 1.165) is 12.8 Å². The second-order valence-electron chi connectivity index (χ2n) is 5.40. The molecule has 2 atom stereocenters. The Labute approximate surface area is 125 Å². The summed E-state index contributed by atoms with van der Waals surface area (Å²) in [5, 5.41) is 6.64. The smallest absolute Gasteiger partial charge is 0.252 e. The monoisotopic (exact) mass is 374 g/mol. The minimum absolute atomic E-state index is 0.0873. The Hall–Kier alpha value is -0.690. The van der Waals surface area contributed by atoms with Crippen LogP contribution in [-0.2, 0) is 0 Å². The number of rotatable bonds is 2. The standard InChI is InChI=1S/C14H16FIN2O/c15-8-1-4-12(13(16)5-8)14(19)18-11-6-9-2-3-10(7-11)17-9/h1,4-5,9-11,17H,2-3,6-7H2,(H,18,19). The van der Waals surface area contributed by atoms with Crippen LogP contribution < -0.4 is 10.6 Å². The minimum Gasteiger partial charge on any atom is -0.349 e. The lowest BCUT2D eigenvalue weighted by atomic mass is 9.99. The summed E-state index contributed by atoms with van der Waals surface area (Å²) in [7, 11) is 0. The summed E-state index contributed by atoms with van der Waals surface area (Å²) in [6.45, 7) is 0. The molecule has 3 rings (SSSR count). The lowest BCUT2D eigenvalue weighted by Gasteiger charge is -2.29. The van der Waals surface area contributed by atoms with Gasteiger partial charge in [0.25, 0.3) is 5.91 Å². The summed E-state index contributed by atoms with van der Waals surface area (Å²) in [6, 6.07) is 5.63. The summed E-state index contributed by atoms with van der Waals surface area (Å²) in [4.78, 5) is 12.2. The molecule has 102 valence electrons. The Bertz CT molecular complexity index is 496. The van der Waals surface area contributed by atoms with Crippen LogP contribution in [0.5, 0.6) is 0 Å². The molecule has 19 heavy (non-hydrogen) atoms. The molecule has 1 aromatic carbocycles. The van der Waals surface area contributed by atoms with E-state index < -0.39 is 0 Å². The van der Waals surface area contributed by atoms with Crippen LogP contribution in [0.2, 0.25) is 0 Å². The molecule has 2 aliphatic heterocycles. The van der Waals surface area contributed by atoms with Gasteiger partial charge in [0, 0.05) is 21.7 Å². The molecule has 2 saturated heterocycles. The molecule has 2 unspecified atom stereocenters. The van der Waals surface area contributed by atoms with Gasteiger partial charge in [-0.1, -0.05) is 0 Å². The van der Waals surface area contributed by atoms with Gasteiger partial charge >= 0.3 is 0 Å². The fraction of sp³-hybridized carbons (Fsp3) is 0.500. The van der Waals surface area contributed by atoms with Crippen LogP contribution >= 0.6 is 22.6 Å². The number of amides is 1. The van der Waals surface area contributed by atoms with Gasteiger partial charge in [0.2, 0.25) is 0 Å². The van der Waals surface area contributed by atoms with Crippen LogP contribution in [-0.4, -0.2) is 24.0 Å². The molecular weight excluding hydrogens is 358 g/mol. The number of hydrogen-bond acceptors (Lipinski definition) is 2. The van der Waals surface area contributed by atoms with Crippen LogP contribution in [0.15, 0.2) is 18.2 Å². The van der Waals surface area contributed by atoms with Gasteiger partial charge in [0.05, 0.1) is 5.56 Å². The molecule has 3 nitrogen and oxygen atoms in total. The fourth-order valence-electron chi connectivity index (χ4n) is 3.11. The van der Waals surface area contributed by atoms with E-state index >= 15 is 0 Å². The molecule has 2 aliphatic rings. The maximum absolute atomic E-state index is 13.0. The number of nitrogens with one attached hydrogen (secondary N) is 2. The number of carbonyl (C=O) groups is 1. The average Bonchev–Trinajstić information content (AvgIpc) is 2.68. The van der Waals surface area contributed by atoms with Crippen molar-refractivity contribution >= 4 is 28.5 Å². The Morgan fingerprint density at radius 1 is 1.32 bits per heavy atom. The number of carbonyl (C=O) groups excluding carboxylic acids is 1. The highest BCUT2D eigenvalue weighted by Gasteiger charge is 2.34. The van der Waals surface area contributed by atoms with Crippen LogP contribution in [0.25, 0.3) is 0 Å². The van der Waals surface area contributed by atoms with Gasteiger partial charge < -0.3 is 10.6 Å². The van der Waals surface area contributed by atoms with Gasteiger partial charge in [-0.3, -0.25) is 4.79 Å². The third kappa shape index (κ3) is 2.91. The van der Waals surface area contributed by atoms with Crippen LogP contribution in [0, 0.1) is 9.39 Å². The van der Waals surface area contributed by atoms with Gasteiger partial charge in [-0.2, -0.15) is 0 Å². The molecule has 1 amide bonds. The highest BCUT2D eigenvalue weighted by molar-refractivity contribution is 14.1. The van der Waals surface area contributed by atoms with E-state index in [0.29, 0.717) is 21.2 Å². The quantitative estimate of drug-likeness (QED) is 0.781. The molecule has 0 aromatic heterocycles. The Kier molecular flexibility index (Phi) is 3.75. The summed E-state index contributed by atoms with van der Waals surface area (Å²) in [5.74, 6) is -0.392. The molecular formula is C14H16FIN2O. The zero-order chi connectivity index (χ0) is 13.4. The zero-order valence-corrected chi connectivity index (χ0v) is 12.6. The molecule has 1 aromatic rings. The first kappa shape index (κ1) is 13.3. The van der Waals surface area contributed by atoms with E-state index in [1.165, 1.54) is 25.0 Å². The van der Waals surface area contributed by atoms with E-state index in [9.17, 15) is 9.18 Å². The topological polar surface area (TPSA) is 41.1 Å². The van der Waals surface area contributed by atoms with Crippen molar-refractivity contribution in [1.82, 2.24) is 10.6 Å². The number of fused-ring (bicyclic) bond motifs is 2. The molecule has 2 fully saturated rings. The second-order valence-corrected chi connectivity index (χ2v) is 6.57. The highest BCUT2D eigenvalue weighted by atomic mass is 127. The Balaban J connectivity index is 1.68. The van der Waals surface area contributed by atoms with Crippen molar-refractivity contribution in [2.75, 3.05) is 0 Å². The van der Waals surface area contributed by atoms with Gasteiger partial charge in [-0.05, 0) is 66.5 Å². The van der Waals surface area contributed by atoms with Gasteiger partial charge in [0.15, 0.2) is 0 Å². The first-order valence-electron chi connectivity index (χ1n) is 6.64. The first-order chi connectivity index (χ1) is 9.11. The SMILES string of the molecule is O=C(NC1CC2CCC(C1)N2)c1ccc(F)cc1I. The molecule has 0 saturated carbocycles. The van der Waals surface area contributed by atoms with Crippen LogP contribution in [0.4, 0.5) is 4.39 Å². The van der Waals surface area contributed by atoms with E-state index in [1.807, 2.05) is 22.6 Å². The Morgan fingerprint density at radius 3 is 2.63 bits per heavy atom. The summed E-state index contributed by atoms with van der Waals surface area (Å²) in [5.41, 5.74) is 0.563. The van der Waals surface area contributed by atoms with Crippen LogP contribution in [0.3, 0.4) is 0 Å². The largest absolute Gasteiger partial charge is 0.349 e. The first-order valence-corrected chi connectivity index (χ1v) is 7.71. The van der Waals surface area contributed by atoms with Gasteiger partial charge in [-0.25, -0.2) is 4.39 Å². The summed E-state index contributed by atoms with van der Waals surface area (Å²) in [6.07, 6.45) is 4.43. The lowest BCUT2D eigenvalue weighted by molar-refractivity contribution is 0.0923. The number of piperidine rings is 1. The normalized spacial score (nSPS) is 29.3. The van der Waals surface area contributed by atoms with Crippen molar-refractivity contribution in [3.05, 3.63) is 33.1 Å². The number of halogens is 2. The van der Waals surface area contributed by atoms with E-state index in [1.54, 1.807) is 6.07 Å². The van der Waals surface area contributed by atoms with Crippen molar-refractivity contribution in [2.24, 2.45) is 0 Å². The number of hydrogen-bond donors (Lipinski definition) is 2. The summed E-state index contributed by atoms with van der Waals surface area (Å²) < 4.78 is 13.7. The maximum atomic E-state index is 13.0. The summed E-state index contributed by atoms with van der Waals surface area (Å²) >= 11 is 2.00. The maximum Gasteiger partial charge on any atom is 0.252 e. The third-order valence-corrected chi connectivity index (χ3v) is 4.88. The van der Waals surface area contributed by atoms with E-state index in [-0.39, 0.29) is 17.8 Å². The van der Waals surface area contributed by atoms with Gasteiger partial charge in [0.1, 0.15) is 5.82 Å². The predicted octanol–water partition coefficient (Wildman–Crippen LogP) is 2.44. The minimum atomic E-state index is -0.305. The van der Waals surface area contributed by atoms with Gasteiger partial charge in [-0.15, -0.1) is 0 Å². The Morgan fingerprint density at radius 2 is 2.00 bits per heavy atom. The van der Waals surface area contributed by atoms with E-state index in [4.69, 9.17) is 0 Å². The predicted molar refractivity (Wildman–Crippen MR) is 79.6 cm³/mol. The fourth-order valence-corrected chi connectivity index (χ4v) is 3.83. The second kappa shape index (κ2) is 5.36. The molecule has 5 heteroatoms. The van der Waals surface area contributed by atoms with Crippen molar-refractivity contribution < 1.29 is 9.18 Å². The lowest BCUT2D eigenvalue weighted by Crippen LogP contribution is -2.48. The number of benzene rings is 1. The molecule has 2 N–H and O–H groups in total. The highest BCUT2D eigenvalue weighted by Crippen LogP contribution is 2.27. The molecule has 0 aliphatic carbocycles. The van der Waals surface area contributed by atoms with Crippen molar-refractivity contribution in [3.8, 4) is 0 Å². The molecule has 0 radical (unpaired) electrons. The zero-order valence-electron chi connectivity index (χ0n) is 10.5. The average molecular weight is 374 g/mol. The van der Waals surface area contributed by atoms with Crippen LogP contribution in [0.1, 0.15) is 36.0 Å². The molecule has 2 heterocycles. The van der Waals surface area contributed by atoms with Crippen molar-refractivity contribution in [3.63, 3.8) is 0 Å². The van der Waals surface area contributed by atoms with Crippen molar-refractivity contribution in [2.45, 2.75) is 43.8 Å².